The van der Waals surface area contributed by atoms with Gasteiger partial charge in [-0.05, 0) is 13.5 Å². The third-order valence-electron chi connectivity index (χ3n) is 1.91. The summed E-state index contributed by atoms with van der Waals surface area (Å²) in [5.41, 5.74) is 0. The van der Waals surface area contributed by atoms with Crippen molar-refractivity contribution in [1.29, 1.82) is 0 Å². The second kappa shape index (κ2) is 6.70. The van der Waals surface area contributed by atoms with E-state index in [9.17, 15) is 18.0 Å². The number of hydrogen-bond donors (Lipinski definition) is 3. The smallest absolute Gasteiger partial charge is 0.382 e. The molecule has 0 fully saturated rings. The first-order chi connectivity index (χ1) is 7.27. The molecule has 0 aliphatic rings. The Morgan fingerprint density at radius 1 is 1.44 bits per heavy atom. The number of amides is 1. The number of rotatable bonds is 6. The van der Waals surface area contributed by atoms with Crippen LogP contribution in [0.25, 0.3) is 0 Å². The Balaban J connectivity index is 3.82. The molecule has 16 heavy (non-hydrogen) atoms. The highest BCUT2D eigenvalue weighted by atomic mass is 19.4. The lowest BCUT2D eigenvalue weighted by Crippen LogP contribution is -2.42. The lowest BCUT2D eigenvalue weighted by molar-refractivity contribution is -0.201. The molecule has 1 amide bonds. The summed E-state index contributed by atoms with van der Waals surface area (Å²) >= 11 is 0. The summed E-state index contributed by atoms with van der Waals surface area (Å²) in [7, 11) is 0. The summed E-state index contributed by atoms with van der Waals surface area (Å²) in [5.74, 6) is -0.517. The molecule has 96 valence electrons. The second-order valence-electron chi connectivity index (χ2n) is 3.52. The van der Waals surface area contributed by atoms with Gasteiger partial charge in [-0.2, -0.15) is 13.2 Å². The van der Waals surface area contributed by atoms with Crippen molar-refractivity contribution in [2.75, 3.05) is 13.1 Å². The fourth-order valence-electron chi connectivity index (χ4n) is 1.10. The zero-order valence-corrected chi connectivity index (χ0v) is 9.27. The van der Waals surface area contributed by atoms with E-state index >= 15 is 0 Å². The zero-order valence-electron chi connectivity index (χ0n) is 9.27. The van der Waals surface area contributed by atoms with Crippen molar-refractivity contribution in [3.63, 3.8) is 0 Å². The van der Waals surface area contributed by atoms with Crippen molar-refractivity contribution >= 4 is 5.91 Å². The lowest BCUT2D eigenvalue weighted by atomic mass is 10.2. The van der Waals surface area contributed by atoms with Crippen molar-refractivity contribution in [3.8, 4) is 0 Å². The minimum absolute atomic E-state index is 0.0818. The number of aliphatic hydroxyl groups excluding tert-OH is 1. The average molecular weight is 242 g/mol. The van der Waals surface area contributed by atoms with Gasteiger partial charge in [0.2, 0.25) is 5.91 Å². The Labute approximate surface area is 92.2 Å². The van der Waals surface area contributed by atoms with E-state index in [0.29, 0.717) is 6.54 Å². The minimum Gasteiger partial charge on any atom is -0.382 e. The van der Waals surface area contributed by atoms with E-state index in [4.69, 9.17) is 5.11 Å². The lowest BCUT2D eigenvalue weighted by Gasteiger charge is -2.16. The Hall–Kier alpha value is -0.820. The van der Waals surface area contributed by atoms with Gasteiger partial charge in [0.1, 0.15) is 0 Å². The molecule has 7 heteroatoms. The Kier molecular flexibility index (Phi) is 6.35. The zero-order chi connectivity index (χ0) is 12.8. The highest BCUT2D eigenvalue weighted by Crippen LogP contribution is 2.19. The van der Waals surface area contributed by atoms with Gasteiger partial charge in [-0.3, -0.25) is 4.79 Å². The molecule has 0 bridgehead atoms. The van der Waals surface area contributed by atoms with Crippen LogP contribution in [-0.2, 0) is 4.79 Å². The molecule has 0 aliphatic carbocycles. The van der Waals surface area contributed by atoms with Crippen molar-refractivity contribution < 1.29 is 23.1 Å². The predicted molar refractivity (Wildman–Crippen MR) is 52.8 cm³/mol. The molecule has 0 aromatic heterocycles. The molecule has 0 saturated heterocycles. The first kappa shape index (κ1) is 15.2. The molecule has 3 N–H and O–H groups in total. The molecule has 0 radical (unpaired) electrons. The maximum Gasteiger partial charge on any atom is 0.416 e. The fourth-order valence-corrected chi connectivity index (χ4v) is 1.10. The van der Waals surface area contributed by atoms with E-state index < -0.39 is 24.7 Å². The Morgan fingerprint density at radius 2 is 2.00 bits per heavy atom. The summed E-state index contributed by atoms with van der Waals surface area (Å²) in [6.45, 7) is 3.49. The van der Waals surface area contributed by atoms with Crippen LogP contribution >= 0.6 is 0 Å². The van der Waals surface area contributed by atoms with E-state index in [1.165, 1.54) is 0 Å². The first-order valence-electron chi connectivity index (χ1n) is 5.02. The van der Waals surface area contributed by atoms with Crippen LogP contribution in [0.2, 0.25) is 0 Å². The molecule has 4 nitrogen and oxygen atoms in total. The van der Waals surface area contributed by atoms with Crippen LogP contribution in [0.3, 0.4) is 0 Å². The minimum atomic E-state index is -4.69. The van der Waals surface area contributed by atoms with Gasteiger partial charge in [0.05, 0.1) is 6.54 Å². The average Bonchev–Trinajstić information content (AvgIpc) is 2.12. The molecular formula is C9H17F3N2O2. The normalized spacial score (nSPS) is 15.6. The SMILES string of the molecule is CCNC(C)CC(=O)NCC(O)C(F)(F)F. The second-order valence-corrected chi connectivity index (χ2v) is 3.52. The van der Waals surface area contributed by atoms with E-state index in [2.05, 4.69) is 5.32 Å². The number of nitrogens with one attached hydrogen (secondary N) is 2. The number of alkyl halides is 3. The van der Waals surface area contributed by atoms with Gasteiger partial charge >= 0.3 is 6.18 Å². The summed E-state index contributed by atoms with van der Waals surface area (Å²) < 4.78 is 35.6. The number of halogens is 3. The van der Waals surface area contributed by atoms with Crippen molar-refractivity contribution in [2.45, 2.75) is 38.6 Å². The Morgan fingerprint density at radius 3 is 2.44 bits per heavy atom. The third-order valence-corrected chi connectivity index (χ3v) is 1.91. The molecule has 0 saturated carbocycles. The van der Waals surface area contributed by atoms with Crippen molar-refractivity contribution in [3.05, 3.63) is 0 Å². The Bertz CT molecular complexity index is 221. The van der Waals surface area contributed by atoms with Crippen LogP contribution in [0.5, 0.6) is 0 Å². The van der Waals surface area contributed by atoms with Crippen LogP contribution in [0.1, 0.15) is 20.3 Å². The van der Waals surface area contributed by atoms with E-state index in [-0.39, 0.29) is 12.5 Å². The number of carbonyl (C=O) groups excluding carboxylic acids is 1. The number of carbonyl (C=O) groups is 1. The van der Waals surface area contributed by atoms with Crippen molar-refractivity contribution in [1.82, 2.24) is 10.6 Å². The van der Waals surface area contributed by atoms with Gasteiger partial charge in [0.15, 0.2) is 6.10 Å². The van der Waals surface area contributed by atoms with E-state index in [0.717, 1.165) is 0 Å². The summed E-state index contributed by atoms with van der Waals surface area (Å²) in [5, 5.41) is 13.6. The maximum atomic E-state index is 11.9. The van der Waals surface area contributed by atoms with Gasteiger partial charge in [-0.25, -0.2) is 0 Å². The van der Waals surface area contributed by atoms with Gasteiger partial charge in [0.25, 0.3) is 0 Å². The largest absolute Gasteiger partial charge is 0.416 e. The van der Waals surface area contributed by atoms with Crippen LogP contribution in [-0.4, -0.2) is 42.4 Å². The number of aliphatic hydroxyl groups is 1. The van der Waals surface area contributed by atoms with Gasteiger partial charge < -0.3 is 15.7 Å². The topological polar surface area (TPSA) is 61.4 Å². The van der Waals surface area contributed by atoms with E-state index in [1.54, 1.807) is 6.92 Å². The van der Waals surface area contributed by atoms with Crippen LogP contribution in [0.4, 0.5) is 13.2 Å². The first-order valence-corrected chi connectivity index (χ1v) is 5.02. The summed E-state index contributed by atoms with van der Waals surface area (Å²) in [6, 6.07) is -0.104. The molecule has 0 rings (SSSR count). The summed E-state index contributed by atoms with van der Waals surface area (Å²) in [6.07, 6.45) is -7.12. The van der Waals surface area contributed by atoms with E-state index in [1.807, 2.05) is 12.2 Å². The maximum absolute atomic E-state index is 11.9. The van der Waals surface area contributed by atoms with Crippen molar-refractivity contribution in [2.24, 2.45) is 0 Å². The van der Waals surface area contributed by atoms with Gasteiger partial charge in [0, 0.05) is 12.5 Å². The molecule has 0 spiro atoms. The molecule has 2 unspecified atom stereocenters. The fraction of sp³-hybridized carbons (Fsp3) is 0.889. The quantitative estimate of drug-likeness (QED) is 0.632. The predicted octanol–water partition coefficient (Wildman–Crippen LogP) is 0.414. The third kappa shape index (κ3) is 6.62. The molecule has 0 aromatic rings. The van der Waals surface area contributed by atoms with Gasteiger partial charge in [-0.15, -0.1) is 0 Å². The molecule has 0 heterocycles. The van der Waals surface area contributed by atoms with Gasteiger partial charge in [-0.1, -0.05) is 6.92 Å². The summed E-state index contributed by atoms with van der Waals surface area (Å²) in [4.78, 5) is 11.1. The highest BCUT2D eigenvalue weighted by molar-refractivity contribution is 5.76. The number of hydrogen-bond acceptors (Lipinski definition) is 3. The molecular weight excluding hydrogens is 225 g/mol. The monoisotopic (exact) mass is 242 g/mol. The standard InChI is InChI=1S/C9H17F3N2O2/c1-3-13-6(2)4-8(16)14-5-7(15)9(10,11)12/h6-7,13,15H,3-5H2,1-2H3,(H,14,16). The molecule has 0 aliphatic heterocycles. The highest BCUT2D eigenvalue weighted by Gasteiger charge is 2.38. The molecule has 0 aromatic carbocycles. The van der Waals surface area contributed by atoms with Crippen LogP contribution in [0, 0.1) is 0 Å². The van der Waals surface area contributed by atoms with Crippen LogP contribution < -0.4 is 10.6 Å². The van der Waals surface area contributed by atoms with Crippen LogP contribution in [0.15, 0.2) is 0 Å². The molecule has 2 atom stereocenters.